The fraction of sp³-hybridized carbons (Fsp3) is 0.966. The molecule has 0 spiro atoms. The van der Waals surface area contributed by atoms with E-state index in [2.05, 4.69) is 6.92 Å². The molecule has 1 unspecified atom stereocenters. The Bertz CT molecular complexity index is 491. The molecule has 1 atom stereocenters. The summed E-state index contributed by atoms with van der Waals surface area (Å²) in [6, 6.07) is 0. The molecule has 0 heterocycles. The summed E-state index contributed by atoms with van der Waals surface area (Å²) in [5, 5.41) is 18.8. The van der Waals surface area contributed by atoms with Crippen molar-refractivity contribution in [1.82, 2.24) is 0 Å². The Labute approximate surface area is 227 Å². The molecule has 0 fully saturated rings. The molecule has 2 N–H and O–H groups in total. The van der Waals surface area contributed by atoms with Gasteiger partial charge in [-0.15, -0.1) is 0 Å². The zero-order valence-electron chi connectivity index (χ0n) is 24.4. The fourth-order valence-electron chi connectivity index (χ4n) is 4.33. The fourth-order valence-corrected chi connectivity index (χ4v) is 4.33. The third kappa shape index (κ3) is 29.6. The van der Waals surface area contributed by atoms with Gasteiger partial charge in [0.2, 0.25) is 0 Å². The first-order valence-electron chi connectivity index (χ1n) is 14.9. The van der Waals surface area contributed by atoms with Crippen LogP contribution in [0.5, 0.6) is 0 Å². The van der Waals surface area contributed by atoms with Gasteiger partial charge in [-0.1, -0.05) is 90.4 Å². The van der Waals surface area contributed by atoms with Gasteiger partial charge in [-0.25, -0.2) is 4.79 Å². The van der Waals surface area contributed by atoms with E-state index in [0.717, 1.165) is 13.0 Å². The van der Waals surface area contributed by atoms with E-state index in [4.69, 9.17) is 24.1 Å². The van der Waals surface area contributed by atoms with Crippen LogP contribution in [0.25, 0.3) is 0 Å². The Morgan fingerprint density at radius 1 is 0.622 bits per heavy atom. The van der Waals surface area contributed by atoms with Gasteiger partial charge in [0.05, 0.1) is 60.3 Å². The van der Waals surface area contributed by atoms with Crippen molar-refractivity contribution >= 4 is 5.97 Å². The van der Waals surface area contributed by atoms with Crippen LogP contribution >= 0.6 is 0 Å². The van der Waals surface area contributed by atoms with Gasteiger partial charge in [-0.05, 0) is 6.42 Å². The molecule has 0 aromatic rings. The number of carboxylic acid groups (broad SMARTS) is 1. The third-order valence-electron chi connectivity index (χ3n) is 6.34. The molecule has 0 saturated heterocycles. The number of likely N-dealkylation sites (N-methyl/N-ethyl adjacent to an activating group) is 1. The highest BCUT2D eigenvalue weighted by Crippen LogP contribution is 2.13. The summed E-state index contributed by atoms with van der Waals surface area (Å²) in [4.78, 5) is 10.8. The summed E-state index contributed by atoms with van der Waals surface area (Å²) in [5.74, 6) is -0.884. The van der Waals surface area contributed by atoms with Gasteiger partial charge in [0.15, 0.2) is 6.54 Å². The van der Waals surface area contributed by atoms with Crippen LogP contribution < -0.4 is 0 Å². The van der Waals surface area contributed by atoms with E-state index in [1.807, 2.05) is 0 Å². The molecule has 0 bridgehead atoms. The topological polar surface area (TPSA) is 94.5 Å². The molecule has 0 aliphatic rings. The van der Waals surface area contributed by atoms with Crippen LogP contribution in [0, 0.1) is 0 Å². The molecular weight excluding hydrogens is 474 g/mol. The summed E-state index contributed by atoms with van der Waals surface area (Å²) < 4.78 is 22.2. The normalized spacial score (nSPS) is 12.8. The summed E-state index contributed by atoms with van der Waals surface area (Å²) in [5.41, 5.74) is 0. The summed E-state index contributed by atoms with van der Waals surface area (Å²) in [7, 11) is 3.54. The highest BCUT2D eigenvalue weighted by molar-refractivity contribution is 5.67. The van der Waals surface area contributed by atoms with E-state index in [9.17, 15) is 9.90 Å². The molecule has 8 nitrogen and oxygen atoms in total. The average Bonchev–Trinajstić information content (AvgIpc) is 2.82. The van der Waals surface area contributed by atoms with Gasteiger partial charge in [-0.3, -0.25) is 0 Å². The standard InChI is InChI=1S/C29H59NO7/c1-4-5-6-7-8-9-10-11-12-13-14-15-16-17-18-34-19-20-35-21-22-36-23-24-37-27-28(31)25-30(2,3)26-29(32)33/h28,31H,4-27H2,1-3H3/p+1. The van der Waals surface area contributed by atoms with Crippen LogP contribution in [-0.2, 0) is 23.7 Å². The quantitative estimate of drug-likeness (QED) is 0.0983. The number of nitrogens with zero attached hydrogens (tertiary/aromatic N) is 1. The van der Waals surface area contributed by atoms with E-state index in [0.29, 0.717) is 46.2 Å². The molecule has 0 aliphatic carbocycles. The highest BCUT2D eigenvalue weighted by Gasteiger charge is 2.23. The van der Waals surface area contributed by atoms with Crippen molar-refractivity contribution in [3.05, 3.63) is 0 Å². The smallest absolute Gasteiger partial charge is 0.359 e. The number of aliphatic carboxylic acids is 1. The van der Waals surface area contributed by atoms with E-state index < -0.39 is 12.1 Å². The molecule has 0 rings (SSSR count). The number of hydrogen-bond donors (Lipinski definition) is 2. The van der Waals surface area contributed by atoms with Crippen LogP contribution in [-0.4, -0.2) is 107 Å². The second kappa shape index (κ2) is 26.8. The lowest BCUT2D eigenvalue weighted by Crippen LogP contribution is -2.49. The minimum atomic E-state index is -0.884. The number of carboxylic acids is 1. The molecule has 8 heteroatoms. The lowest BCUT2D eigenvalue weighted by molar-refractivity contribution is -0.886. The summed E-state index contributed by atoms with van der Waals surface area (Å²) >= 11 is 0. The Kier molecular flexibility index (Phi) is 26.3. The van der Waals surface area contributed by atoms with Crippen molar-refractivity contribution < 1.29 is 38.4 Å². The predicted octanol–water partition coefficient (Wildman–Crippen LogP) is 5.06. The number of ether oxygens (including phenoxy) is 4. The lowest BCUT2D eigenvalue weighted by atomic mass is 10.0. The predicted molar refractivity (Wildman–Crippen MR) is 149 cm³/mol. The van der Waals surface area contributed by atoms with E-state index in [-0.39, 0.29) is 17.6 Å². The summed E-state index contributed by atoms with van der Waals surface area (Å²) in [6.45, 7) is 6.56. The molecule has 0 aliphatic heterocycles. The van der Waals surface area contributed by atoms with Crippen molar-refractivity contribution in [3.8, 4) is 0 Å². The monoisotopic (exact) mass is 534 g/mol. The average molecular weight is 535 g/mol. The third-order valence-corrected chi connectivity index (χ3v) is 6.34. The number of unbranched alkanes of at least 4 members (excludes halogenated alkanes) is 13. The van der Waals surface area contributed by atoms with Gasteiger partial charge >= 0.3 is 5.97 Å². The van der Waals surface area contributed by atoms with Gasteiger partial charge in [0.25, 0.3) is 0 Å². The number of rotatable bonds is 30. The maximum Gasteiger partial charge on any atom is 0.359 e. The van der Waals surface area contributed by atoms with Crippen molar-refractivity contribution in [3.63, 3.8) is 0 Å². The Morgan fingerprint density at radius 3 is 1.43 bits per heavy atom. The number of aliphatic hydroxyl groups is 1. The Hall–Kier alpha value is -0.770. The van der Waals surface area contributed by atoms with Crippen LogP contribution in [0.1, 0.15) is 96.8 Å². The molecule has 222 valence electrons. The van der Waals surface area contributed by atoms with Crippen molar-refractivity contribution in [1.29, 1.82) is 0 Å². The highest BCUT2D eigenvalue weighted by atomic mass is 16.6. The van der Waals surface area contributed by atoms with Crippen LogP contribution in [0.15, 0.2) is 0 Å². The molecule has 0 aromatic heterocycles. The van der Waals surface area contributed by atoms with Crippen LogP contribution in [0.4, 0.5) is 0 Å². The van der Waals surface area contributed by atoms with E-state index in [1.54, 1.807) is 14.1 Å². The second-order valence-corrected chi connectivity index (χ2v) is 10.8. The number of quaternary nitrogens is 1. The van der Waals surface area contributed by atoms with Gasteiger partial charge in [0.1, 0.15) is 12.6 Å². The molecule has 0 aromatic carbocycles. The maximum atomic E-state index is 10.8. The van der Waals surface area contributed by atoms with Crippen LogP contribution in [0.2, 0.25) is 0 Å². The molecule has 0 saturated carbocycles. The lowest BCUT2D eigenvalue weighted by Gasteiger charge is -2.29. The van der Waals surface area contributed by atoms with Crippen molar-refractivity contribution in [2.24, 2.45) is 0 Å². The Morgan fingerprint density at radius 2 is 1.00 bits per heavy atom. The van der Waals surface area contributed by atoms with E-state index in [1.165, 1.54) is 83.5 Å². The molecule has 0 amide bonds. The van der Waals surface area contributed by atoms with Crippen molar-refractivity contribution in [2.75, 3.05) is 80.0 Å². The van der Waals surface area contributed by atoms with Gasteiger partial charge in [-0.2, -0.15) is 0 Å². The Balaban J connectivity index is 3.20. The zero-order valence-corrected chi connectivity index (χ0v) is 24.4. The van der Waals surface area contributed by atoms with Gasteiger partial charge < -0.3 is 33.6 Å². The molecular formula is C29H60NO7+. The zero-order chi connectivity index (χ0) is 27.5. The minimum Gasteiger partial charge on any atom is -0.477 e. The number of hydrogen-bond acceptors (Lipinski definition) is 6. The first-order chi connectivity index (χ1) is 17.9. The van der Waals surface area contributed by atoms with Gasteiger partial charge in [0, 0.05) is 6.61 Å². The summed E-state index contributed by atoms with van der Waals surface area (Å²) in [6.07, 6.45) is 18.4. The maximum absolute atomic E-state index is 10.8. The number of carbonyl (C=O) groups is 1. The van der Waals surface area contributed by atoms with E-state index >= 15 is 0 Å². The second-order valence-electron chi connectivity index (χ2n) is 10.8. The molecule has 0 radical (unpaired) electrons. The first-order valence-corrected chi connectivity index (χ1v) is 14.9. The minimum absolute atomic E-state index is 0.0370. The van der Waals surface area contributed by atoms with Crippen LogP contribution in [0.3, 0.4) is 0 Å². The first kappa shape index (κ1) is 36.2. The SMILES string of the molecule is CCCCCCCCCCCCCCCCOCCOCCOCCOCC(O)C[N+](C)(C)CC(=O)O. The molecule has 37 heavy (non-hydrogen) atoms. The van der Waals surface area contributed by atoms with Crippen molar-refractivity contribution in [2.45, 2.75) is 103 Å². The largest absolute Gasteiger partial charge is 0.477 e. The number of aliphatic hydroxyl groups excluding tert-OH is 1.